The van der Waals surface area contributed by atoms with Crippen molar-refractivity contribution in [1.82, 2.24) is 5.32 Å². The molecule has 1 N–H and O–H groups in total. The average Bonchev–Trinajstić information content (AvgIpc) is 2.42. The number of sulfonamides is 1. The van der Waals surface area contributed by atoms with Crippen molar-refractivity contribution in [1.29, 1.82) is 0 Å². The molecule has 1 aromatic rings. The zero-order chi connectivity index (χ0) is 17.8. The van der Waals surface area contributed by atoms with E-state index < -0.39 is 16.1 Å². The van der Waals surface area contributed by atoms with Gasteiger partial charge in [-0.05, 0) is 37.5 Å². The fraction of sp³-hybridized carbons (Fsp3) is 0.562. The molecule has 0 heterocycles. The van der Waals surface area contributed by atoms with Crippen LogP contribution in [0.5, 0.6) is 0 Å². The number of benzene rings is 1. The van der Waals surface area contributed by atoms with E-state index in [-0.39, 0.29) is 17.9 Å². The lowest BCUT2D eigenvalue weighted by molar-refractivity contribution is -0.123. The quantitative estimate of drug-likeness (QED) is 0.812. The SMILES string of the molecule is CCC(C(=O)NC(C)C(C)C)N(c1cccc(Cl)c1)S(C)(=O)=O. The van der Waals surface area contributed by atoms with E-state index in [1.165, 1.54) is 0 Å². The predicted octanol–water partition coefficient (Wildman–Crippen LogP) is 3.05. The Balaban J connectivity index is 3.21. The van der Waals surface area contributed by atoms with Gasteiger partial charge in [0.1, 0.15) is 6.04 Å². The highest BCUT2D eigenvalue weighted by molar-refractivity contribution is 7.92. The van der Waals surface area contributed by atoms with Crippen molar-refractivity contribution in [3.63, 3.8) is 0 Å². The molecule has 0 saturated heterocycles. The molecule has 5 nitrogen and oxygen atoms in total. The summed E-state index contributed by atoms with van der Waals surface area (Å²) in [5, 5.41) is 3.31. The molecule has 0 saturated carbocycles. The minimum atomic E-state index is -3.63. The molecular formula is C16H25ClN2O3S. The summed E-state index contributed by atoms with van der Waals surface area (Å²) in [6.45, 7) is 7.68. The standard InChI is InChI=1S/C16H25ClN2O3S/c1-6-15(16(20)18-12(4)11(2)3)19(23(5,21)22)14-9-7-8-13(17)10-14/h7-12,15H,6H2,1-5H3,(H,18,20). The number of anilines is 1. The molecule has 1 aromatic carbocycles. The number of halogens is 1. The smallest absolute Gasteiger partial charge is 0.244 e. The molecule has 0 aliphatic heterocycles. The fourth-order valence-electron chi connectivity index (χ4n) is 2.16. The van der Waals surface area contributed by atoms with Crippen LogP contribution in [-0.4, -0.2) is 32.7 Å². The van der Waals surface area contributed by atoms with Crippen molar-refractivity contribution in [3.8, 4) is 0 Å². The van der Waals surface area contributed by atoms with Gasteiger partial charge in [0.05, 0.1) is 11.9 Å². The number of rotatable bonds is 7. The van der Waals surface area contributed by atoms with Crippen LogP contribution in [0.3, 0.4) is 0 Å². The van der Waals surface area contributed by atoms with E-state index in [9.17, 15) is 13.2 Å². The maximum absolute atomic E-state index is 12.6. The number of nitrogens with zero attached hydrogens (tertiary/aromatic N) is 1. The van der Waals surface area contributed by atoms with Crippen molar-refractivity contribution < 1.29 is 13.2 Å². The van der Waals surface area contributed by atoms with Gasteiger partial charge in [0, 0.05) is 11.1 Å². The Morgan fingerprint density at radius 1 is 1.30 bits per heavy atom. The van der Waals surface area contributed by atoms with Crippen molar-refractivity contribution in [2.24, 2.45) is 5.92 Å². The molecular weight excluding hydrogens is 336 g/mol. The van der Waals surface area contributed by atoms with Gasteiger partial charge in [-0.15, -0.1) is 0 Å². The maximum atomic E-state index is 12.6. The fourth-order valence-corrected chi connectivity index (χ4v) is 3.55. The van der Waals surface area contributed by atoms with Crippen LogP contribution in [0.4, 0.5) is 5.69 Å². The summed E-state index contributed by atoms with van der Waals surface area (Å²) in [4.78, 5) is 12.6. The first-order valence-electron chi connectivity index (χ1n) is 7.63. The topological polar surface area (TPSA) is 66.5 Å². The molecule has 0 aliphatic rings. The monoisotopic (exact) mass is 360 g/mol. The number of carbonyl (C=O) groups is 1. The Morgan fingerprint density at radius 2 is 1.91 bits per heavy atom. The molecule has 0 radical (unpaired) electrons. The van der Waals surface area contributed by atoms with E-state index in [0.717, 1.165) is 10.6 Å². The molecule has 0 aromatic heterocycles. The first-order valence-corrected chi connectivity index (χ1v) is 9.85. The third-order valence-corrected chi connectivity index (χ3v) is 5.18. The van der Waals surface area contributed by atoms with E-state index in [1.54, 1.807) is 31.2 Å². The molecule has 1 rings (SSSR count). The second kappa shape index (κ2) is 8.02. The highest BCUT2D eigenvalue weighted by atomic mass is 35.5. The second-order valence-corrected chi connectivity index (χ2v) is 8.30. The minimum Gasteiger partial charge on any atom is -0.352 e. The summed E-state index contributed by atoms with van der Waals surface area (Å²) in [7, 11) is -3.63. The lowest BCUT2D eigenvalue weighted by atomic mass is 10.1. The van der Waals surface area contributed by atoms with Crippen molar-refractivity contribution in [3.05, 3.63) is 29.3 Å². The highest BCUT2D eigenvalue weighted by Gasteiger charge is 2.32. The third kappa shape index (κ3) is 5.39. The van der Waals surface area contributed by atoms with Gasteiger partial charge < -0.3 is 5.32 Å². The summed E-state index contributed by atoms with van der Waals surface area (Å²) in [5.41, 5.74) is 0.388. The third-order valence-electron chi connectivity index (χ3n) is 3.76. The van der Waals surface area contributed by atoms with Crippen LogP contribution in [0.25, 0.3) is 0 Å². The number of hydrogen-bond donors (Lipinski definition) is 1. The molecule has 0 bridgehead atoms. The molecule has 1 amide bonds. The van der Waals surface area contributed by atoms with E-state index in [1.807, 2.05) is 20.8 Å². The molecule has 0 spiro atoms. The van der Waals surface area contributed by atoms with Gasteiger partial charge in [-0.2, -0.15) is 0 Å². The van der Waals surface area contributed by atoms with Gasteiger partial charge in [-0.3, -0.25) is 9.10 Å². The largest absolute Gasteiger partial charge is 0.352 e. The maximum Gasteiger partial charge on any atom is 0.244 e. The number of nitrogens with one attached hydrogen (secondary N) is 1. The summed E-state index contributed by atoms with van der Waals surface area (Å²) < 4.78 is 25.7. The van der Waals surface area contributed by atoms with Crippen LogP contribution >= 0.6 is 11.6 Å². The number of carbonyl (C=O) groups excluding carboxylic acids is 1. The Hall–Kier alpha value is -1.27. The highest BCUT2D eigenvalue weighted by Crippen LogP contribution is 2.25. The molecule has 2 unspecified atom stereocenters. The van der Waals surface area contributed by atoms with Crippen LogP contribution in [0, 0.1) is 5.92 Å². The normalized spacial score (nSPS) is 14.4. The Kier molecular flexibility index (Phi) is 6.89. The van der Waals surface area contributed by atoms with Gasteiger partial charge in [-0.25, -0.2) is 8.42 Å². The number of amides is 1. The number of hydrogen-bond acceptors (Lipinski definition) is 3. The average molecular weight is 361 g/mol. The van der Waals surface area contributed by atoms with Gasteiger partial charge in [0.15, 0.2) is 0 Å². The van der Waals surface area contributed by atoms with Crippen LogP contribution in [0.1, 0.15) is 34.1 Å². The van der Waals surface area contributed by atoms with Gasteiger partial charge >= 0.3 is 0 Å². The zero-order valence-corrected chi connectivity index (χ0v) is 15.8. The Morgan fingerprint density at radius 3 is 2.35 bits per heavy atom. The molecule has 0 fully saturated rings. The van der Waals surface area contributed by atoms with Crippen LogP contribution in [-0.2, 0) is 14.8 Å². The van der Waals surface area contributed by atoms with E-state index in [4.69, 9.17) is 11.6 Å². The molecule has 0 aliphatic carbocycles. The summed E-state index contributed by atoms with van der Waals surface area (Å²) in [6.07, 6.45) is 1.45. The zero-order valence-electron chi connectivity index (χ0n) is 14.2. The van der Waals surface area contributed by atoms with Crippen molar-refractivity contribution >= 4 is 33.2 Å². The van der Waals surface area contributed by atoms with Crippen molar-refractivity contribution in [2.75, 3.05) is 10.6 Å². The van der Waals surface area contributed by atoms with Crippen molar-refractivity contribution in [2.45, 2.75) is 46.2 Å². The Bertz CT molecular complexity index is 646. The molecule has 130 valence electrons. The van der Waals surface area contributed by atoms with Gasteiger partial charge in [-0.1, -0.05) is 38.4 Å². The van der Waals surface area contributed by atoms with Gasteiger partial charge in [0.2, 0.25) is 15.9 Å². The lowest BCUT2D eigenvalue weighted by Crippen LogP contribution is -2.51. The first-order chi connectivity index (χ1) is 10.6. The van der Waals surface area contributed by atoms with Crippen LogP contribution < -0.4 is 9.62 Å². The van der Waals surface area contributed by atoms with Gasteiger partial charge in [0.25, 0.3) is 0 Å². The van der Waals surface area contributed by atoms with E-state index >= 15 is 0 Å². The minimum absolute atomic E-state index is 0.0441. The van der Waals surface area contributed by atoms with Crippen LogP contribution in [0.2, 0.25) is 5.02 Å². The molecule has 7 heteroatoms. The summed E-state index contributed by atoms with van der Waals surface area (Å²) >= 11 is 5.97. The second-order valence-electron chi connectivity index (χ2n) is 6.00. The predicted molar refractivity (Wildman–Crippen MR) is 95.3 cm³/mol. The summed E-state index contributed by atoms with van der Waals surface area (Å²) in [5.74, 6) is -0.0478. The first kappa shape index (κ1) is 19.8. The molecule has 23 heavy (non-hydrogen) atoms. The van der Waals surface area contributed by atoms with Crippen LogP contribution in [0.15, 0.2) is 24.3 Å². The lowest BCUT2D eigenvalue weighted by Gasteiger charge is -2.31. The molecule has 2 atom stereocenters. The Labute approximate surface area is 144 Å². The van der Waals surface area contributed by atoms with E-state index in [0.29, 0.717) is 17.1 Å². The summed E-state index contributed by atoms with van der Waals surface area (Å²) in [6, 6.07) is 5.64. The van der Waals surface area contributed by atoms with E-state index in [2.05, 4.69) is 5.32 Å².